The Hall–Kier alpha value is -0.0800. The van der Waals surface area contributed by atoms with Crippen molar-refractivity contribution in [3.8, 4) is 0 Å². The van der Waals surface area contributed by atoms with Gasteiger partial charge in [-0.05, 0) is 39.3 Å². The molecule has 0 heterocycles. The first-order chi connectivity index (χ1) is 5.63. The van der Waals surface area contributed by atoms with Gasteiger partial charge >= 0.3 is 0 Å². The molecule has 3 atom stereocenters. The summed E-state index contributed by atoms with van der Waals surface area (Å²) < 4.78 is 5.42. The molecule has 0 unspecified atom stereocenters. The second kappa shape index (κ2) is 4.24. The van der Waals surface area contributed by atoms with Crippen molar-refractivity contribution in [3.63, 3.8) is 0 Å². The van der Waals surface area contributed by atoms with E-state index in [2.05, 4.69) is 25.9 Å². The monoisotopic (exact) mass is 171 g/mol. The Labute approximate surface area is 75.9 Å². The summed E-state index contributed by atoms with van der Waals surface area (Å²) >= 11 is 0. The van der Waals surface area contributed by atoms with Gasteiger partial charge in [0.15, 0.2) is 0 Å². The molecule has 0 N–H and O–H groups in total. The highest BCUT2D eigenvalue weighted by Crippen LogP contribution is 2.27. The first-order valence-electron chi connectivity index (χ1n) is 4.82. The summed E-state index contributed by atoms with van der Waals surface area (Å²) in [4.78, 5) is 2.32. The average Bonchev–Trinajstić information content (AvgIpc) is 2.03. The number of hydrogen-bond donors (Lipinski definition) is 0. The van der Waals surface area contributed by atoms with Crippen molar-refractivity contribution in [2.75, 3.05) is 21.2 Å². The van der Waals surface area contributed by atoms with E-state index in [0.29, 0.717) is 6.10 Å². The minimum absolute atomic E-state index is 0.487. The van der Waals surface area contributed by atoms with Crippen LogP contribution >= 0.6 is 0 Å². The van der Waals surface area contributed by atoms with Crippen LogP contribution in [0.5, 0.6) is 0 Å². The Bertz CT molecular complexity index is 136. The first kappa shape index (κ1) is 10.0. The Morgan fingerprint density at radius 1 is 1.17 bits per heavy atom. The van der Waals surface area contributed by atoms with Gasteiger partial charge in [-0.3, -0.25) is 0 Å². The van der Waals surface area contributed by atoms with Crippen LogP contribution in [0.3, 0.4) is 0 Å². The summed E-state index contributed by atoms with van der Waals surface area (Å²) in [6.07, 6.45) is 4.25. The predicted molar refractivity (Wildman–Crippen MR) is 51.3 cm³/mol. The lowest BCUT2D eigenvalue weighted by atomic mass is 9.84. The molecule has 0 radical (unpaired) electrons. The van der Waals surface area contributed by atoms with Crippen LogP contribution in [0, 0.1) is 5.92 Å². The average molecular weight is 171 g/mol. The summed E-state index contributed by atoms with van der Waals surface area (Å²) in [5.74, 6) is 0.816. The van der Waals surface area contributed by atoms with E-state index in [0.717, 1.165) is 12.0 Å². The molecular weight excluding hydrogens is 150 g/mol. The normalized spacial score (nSPS) is 37.2. The number of ether oxygens (including phenoxy) is 1. The summed E-state index contributed by atoms with van der Waals surface area (Å²) in [5, 5.41) is 0. The molecule has 0 aromatic carbocycles. The summed E-state index contributed by atoms with van der Waals surface area (Å²) in [6, 6.07) is 0.721. The molecular formula is C10H21NO. The van der Waals surface area contributed by atoms with Gasteiger partial charge in [0.1, 0.15) is 0 Å². The molecule has 0 bridgehead atoms. The molecule has 0 spiro atoms. The molecule has 2 heteroatoms. The molecule has 0 aromatic heterocycles. The van der Waals surface area contributed by atoms with Crippen molar-refractivity contribution in [2.45, 2.75) is 38.3 Å². The molecule has 0 aliphatic heterocycles. The molecule has 2 nitrogen and oxygen atoms in total. The molecule has 1 aliphatic rings. The first-order valence-corrected chi connectivity index (χ1v) is 4.82. The van der Waals surface area contributed by atoms with Gasteiger partial charge in [-0.15, -0.1) is 0 Å². The lowest BCUT2D eigenvalue weighted by molar-refractivity contribution is 0.0213. The third-order valence-corrected chi connectivity index (χ3v) is 2.94. The van der Waals surface area contributed by atoms with Gasteiger partial charge in [-0.2, -0.15) is 0 Å². The van der Waals surface area contributed by atoms with Crippen molar-refractivity contribution in [2.24, 2.45) is 5.92 Å². The quantitative estimate of drug-likeness (QED) is 0.627. The van der Waals surface area contributed by atoms with Crippen molar-refractivity contribution in [1.29, 1.82) is 0 Å². The number of nitrogens with zero attached hydrogens (tertiary/aromatic N) is 1. The molecule has 1 saturated carbocycles. The molecule has 0 amide bonds. The Balaban J connectivity index is 2.45. The minimum Gasteiger partial charge on any atom is -0.381 e. The van der Waals surface area contributed by atoms with Crippen LogP contribution in [0.25, 0.3) is 0 Å². The van der Waals surface area contributed by atoms with Crippen molar-refractivity contribution >= 4 is 0 Å². The topological polar surface area (TPSA) is 12.5 Å². The van der Waals surface area contributed by atoms with Crippen molar-refractivity contribution in [1.82, 2.24) is 4.90 Å². The zero-order valence-corrected chi connectivity index (χ0v) is 8.71. The van der Waals surface area contributed by atoms with E-state index < -0.39 is 0 Å². The maximum Gasteiger partial charge on any atom is 0.0588 e. The van der Waals surface area contributed by atoms with E-state index in [1.807, 2.05) is 7.11 Å². The van der Waals surface area contributed by atoms with Crippen LogP contribution in [0.4, 0.5) is 0 Å². The minimum atomic E-state index is 0.487. The Kier molecular flexibility index (Phi) is 3.53. The fourth-order valence-electron chi connectivity index (χ4n) is 2.12. The van der Waals surface area contributed by atoms with Crippen LogP contribution in [0.2, 0.25) is 0 Å². The van der Waals surface area contributed by atoms with Crippen molar-refractivity contribution in [3.05, 3.63) is 0 Å². The molecule has 1 aliphatic carbocycles. The summed E-state index contributed by atoms with van der Waals surface area (Å²) in [7, 11) is 6.15. The van der Waals surface area contributed by atoms with Gasteiger partial charge in [0.05, 0.1) is 6.10 Å². The largest absolute Gasteiger partial charge is 0.381 e. The fourth-order valence-corrected chi connectivity index (χ4v) is 2.12. The van der Waals surface area contributed by atoms with Crippen LogP contribution < -0.4 is 0 Å². The van der Waals surface area contributed by atoms with E-state index >= 15 is 0 Å². The van der Waals surface area contributed by atoms with E-state index in [1.54, 1.807) is 0 Å². The van der Waals surface area contributed by atoms with Gasteiger partial charge in [-0.25, -0.2) is 0 Å². The van der Waals surface area contributed by atoms with Gasteiger partial charge in [0.25, 0.3) is 0 Å². The van der Waals surface area contributed by atoms with E-state index in [9.17, 15) is 0 Å². The standard InChI is InChI=1S/C10H21NO/c1-8-5-9(11(2)3)7-10(6-8)12-4/h8-10H,5-7H2,1-4H3/t8-,9+,10-/m1/s1. The third kappa shape index (κ3) is 2.46. The van der Waals surface area contributed by atoms with E-state index in [-0.39, 0.29) is 0 Å². The maximum atomic E-state index is 5.42. The highest BCUT2D eigenvalue weighted by Gasteiger charge is 2.27. The highest BCUT2D eigenvalue weighted by molar-refractivity contribution is 4.81. The van der Waals surface area contributed by atoms with Gasteiger partial charge in [0.2, 0.25) is 0 Å². The molecule has 0 aromatic rings. The Morgan fingerprint density at radius 2 is 1.83 bits per heavy atom. The van der Waals surface area contributed by atoms with Gasteiger partial charge in [0, 0.05) is 13.2 Å². The predicted octanol–water partition coefficient (Wildman–Crippen LogP) is 1.75. The number of methoxy groups -OCH3 is 1. The lowest BCUT2D eigenvalue weighted by Gasteiger charge is -2.36. The third-order valence-electron chi connectivity index (χ3n) is 2.94. The SMILES string of the molecule is CO[C@@H]1C[C@H](C)C[C@H](N(C)C)C1. The van der Waals surface area contributed by atoms with E-state index in [4.69, 9.17) is 4.74 Å². The highest BCUT2D eigenvalue weighted by atomic mass is 16.5. The van der Waals surface area contributed by atoms with Crippen molar-refractivity contribution < 1.29 is 4.74 Å². The van der Waals surface area contributed by atoms with Gasteiger partial charge in [-0.1, -0.05) is 6.92 Å². The van der Waals surface area contributed by atoms with Crippen LogP contribution in [-0.2, 0) is 4.74 Å². The second-order valence-corrected chi connectivity index (χ2v) is 4.29. The molecule has 1 rings (SSSR count). The molecule has 1 fully saturated rings. The zero-order valence-electron chi connectivity index (χ0n) is 8.71. The Morgan fingerprint density at radius 3 is 2.33 bits per heavy atom. The molecule has 0 saturated heterocycles. The maximum absolute atomic E-state index is 5.42. The zero-order chi connectivity index (χ0) is 9.14. The van der Waals surface area contributed by atoms with Gasteiger partial charge < -0.3 is 9.64 Å². The summed E-state index contributed by atoms with van der Waals surface area (Å²) in [6.45, 7) is 2.32. The number of hydrogen-bond acceptors (Lipinski definition) is 2. The fraction of sp³-hybridized carbons (Fsp3) is 1.00. The van der Waals surface area contributed by atoms with Crippen LogP contribution in [-0.4, -0.2) is 38.3 Å². The molecule has 72 valence electrons. The molecule has 12 heavy (non-hydrogen) atoms. The lowest BCUT2D eigenvalue weighted by Crippen LogP contribution is -2.38. The number of rotatable bonds is 2. The van der Waals surface area contributed by atoms with Crippen LogP contribution in [0.15, 0.2) is 0 Å². The second-order valence-electron chi connectivity index (χ2n) is 4.29. The van der Waals surface area contributed by atoms with E-state index in [1.165, 1.54) is 19.3 Å². The smallest absolute Gasteiger partial charge is 0.0588 e. The summed E-state index contributed by atoms with van der Waals surface area (Å²) in [5.41, 5.74) is 0. The van der Waals surface area contributed by atoms with Crippen LogP contribution in [0.1, 0.15) is 26.2 Å².